The van der Waals surface area contributed by atoms with Gasteiger partial charge in [-0.05, 0) is 16.7 Å². The highest BCUT2D eigenvalue weighted by molar-refractivity contribution is 7.92. The summed E-state index contributed by atoms with van der Waals surface area (Å²) >= 11 is 0. The molecule has 0 aliphatic carbocycles. The Hall–Kier alpha value is -1.69. The zero-order valence-corrected chi connectivity index (χ0v) is 13.3. The van der Waals surface area contributed by atoms with Gasteiger partial charge in [-0.15, -0.1) is 0 Å². The molecule has 0 unspecified atom stereocenters. The number of sulfone groups is 1. The van der Waals surface area contributed by atoms with Crippen LogP contribution in [0.1, 0.15) is 18.5 Å². The van der Waals surface area contributed by atoms with E-state index < -0.39 is 27.7 Å². The van der Waals surface area contributed by atoms with Gasteiger partial charge >= 0.3 is 0 Å². The second kappa shape index (κ2) is 7.05. The molecule has 0 spiro atoms. The molecular formula is C17H21NO3S. The number of hydrogen-bond donors (Lipinski definition) is 2. The SMILES string of the molecule is CCS(=O)(=O)[C@@H](CO)[C@H](N)c1ccc(-c2ccccc2)cc1. The minimum atomic E-state index is -3.40. The number of aliphatic hydroxyl groups excluding tert-OH is 1. The Bertz CT molecular complexity index is 696. The van der Waals surface area contributed by atoms with Crippen LogP contribution in [-0.2, 0) is 9.84 Å². The highest BCUT2D eigenvalue weighted by atomic mass is 32.2. The van der Waals surface area contributed by atoms with Crippen molar-refractivity contribution in [2.75, 3.05) is 12.4 Å². The van der Waals surface area contributed by atoms with Gasteiger partial charge in [-0.3, -0.25) is 0 Å². The minimum absolute atomic E-state index is 0.0337. The Morgan fingerprint density at radius 2 is 1.55 bits per heavy atom. The van der Waals surface area contributed by atoms with Gasteiger partial charge in [-0.2, -0.15) is 0 Å². The second-order valence-electron chi connectivity index (χ2n) is 5.19. The zero-order valence-electron chi connectivity index (χ0n) is 12.5. The van der Waals surface area contributed by atoms with Crippen molar-refractivity contribution in [3.63, 3.8) is 0 Å². The van der Waals surface area contributed by atoms with E-state index in [9.17, 15) is 13.5 Å². The normalized spacial score (nSPS) is 14.5. The van der Waals surface area contributed by atoms with Gasteiger partial charge in [0.2, 0.25) is 0 Å². The maximum absolute atomic E-state index is 12.0. The molecule has 2 aromatic carbocycles. The van der Waals surface area contributed by atoms with E-state index in [4.69, 9.17) is 5.73 Å². The topological polar surface area (TPSA) is 80.4 Å². The van der Waals surface area contributed by atoms with E-state index in [0.717, 1.165) is 11.1 Å². The molecule has 22 heavy (non-hydrogen) atoms. The van der Waals surface area contributed by atoms with Crippen LogP contribution in [0.4, 0.5) is 0 Å². The van der Waals surface area contributed by atoms with Crippen molar-refractivity contribution < 1.29 is 13.5 Å². The zero-order chi connectivity index (χ0) is 16.2. The summed E-state index contributed by atoms with van der Waals surface area (Å²) in [7, 11) is -3.40. The summed E-state index contributed by atoms with van der Waals surface area (Å²) in [6.07, 6.45) is 0. The van der Waals surface area contributed by atoms with Gasteiger partial charge in [0.1, 0.15) is 5.25 Å². The molecule has 0 aliphatic rings. The van der Waals surface area contributed by atoms with Gasteiger partial charge in [0.05, 0.1) is 6.61 Å². The molecule has 0 bridgehead atoms. The third kappa shape index (κ3) is 3.55. The summed E-state index contributed by atoms with van der Waals surface area (Å²) < 4.78 is 24.0. The predicted molar refractivity (Wildman–Crippen MR) is 89.1 cm³/mol. The Labute approximate surface area is 131 Å². The highest BCUT2D eigenvalue weighted by Gasteiger charge is 2.30. The monoisotopic (exact) mass is 319 g/mol. The maximum atomic E-state index is 12.0. The maximum Gasteiger partial charge on any atom is 0.157 e. The summed E-state index contributed by atoms with van der Waals surface area (Å²) in [5.41, 5.74) is 8.89. The first-order chi connectivity index (χ1) is 10.5. The van der Waals surface area contributed by atoms with E-state index in [1.54, 1.807) is 6.92 Å². The summed E-state index contributed by atoms with van der Waals surface area (Å²) in [5.74, 6) is -0.0337. The largest absolute Gasteiger partial charge is 0.395 e. The molecule has 2 atom stereocenters. The smallest absolute Gasteiger partial charge is 0.157 e. The van der Waals surface area contributed by atoms with Crippen LogP contribution in [0.15, 0.2) is 54.6 Å². The molecule has 5 heteroatoms. The first-order valence-corrected chi connectivity index (χ1v) is 8.94. The van der Waals surface area contributed by atoms with E-state index in [1.807, 2.05) is 54.6 Å². The van der Waals surface area contributed by atoms with Crippen LogP contribution >= 0.6 is 0 Å². The van der Waals surface area contributed by atoms with E-state index in [2.05, 4.69) is 0 Å². The molecule has 0 fully saturated rings. The van der Waals surface area contributed by atoms with Crippen LogP contribution < -0.4 is 5.73 Å². The molecular weight excluding hydrogens is 298 g/mol. The molecule has 0 saturated heterocycles. The highest BCUT2D eigenvalue weighted by Crippen LogP contribution is 2.24. The van der Waals surface area contributed by atoms with Crippen molar-refractivity contribution in [3.05, 3.63) is 60.2 Å². The molecule has 3 N–H and O–H groups in total. The lowest BCUT2D eigenvalue weighted by Gasteiger charge is -2.22. The van der Waals surface area contributed by atoms with Crippen molar-refractivity contribution in [1.29, 1.82) is 0 Å². The first kappa shape index (κ1) is 16.7. The van der Waals surface area contributed by atoms with Gasteiger partial charge < -0.3 is 10.8 Å². The Kier molecular flexibility index (Phi) is 5.34. The van der Waals surface area contributed by atoms with Gasteiger partial charge in [0.25, 0.3) is 0 Å². The molecule has 0 amide bonds. The average molecular weight is 319 g/mol. The number of aliphatic hydroxyl groups is 1. The minimum Gasteiger partial charge on any atom is -0.395 e. The molecule has 2 rings (SSSR count). The lowest BCUT2D eigenvalue weighted by Crippen LogP contribution is -2.37. The fourth-order valence-electron chi connectivity index (χ4n) is 2.41. The van der Waals surface area contributed by atoms with Crippen molar-refractivity contribution in [3.8, 4) is 11.1 Å². The molecule has 4 nitrogen and oxygen atoms in total. The van der Waals surface area contributed by atoms with E-state index in [1.165, 1.54) is 0 Å². The Balaban J connectivity index is 2.26. The number of hydrogen-bond acceptors (Lipinski definition) is 4. The predicted octanol–water partition coefficient (Wildman–Crippen LogP) is 2.15. The van der Waals surface area contributed by atoms with Crippen LogP contribution in [0.2, 0.25) is 0 Å². The van der Waals surface area contributed by atoms with E-state index >= 15 is 0 Å². The number of benzene rings is 2. The Morgan fingerprint density at radius 3 is 2.05 bits per heavy atom. The number of rotatable bonds is 6. The lowest BCUT2D eigenvalue weighted by molar-refractivity contribution is 0.277. The number of nitrogens with two attached hydrogens (primary N) is 1. The van der Waals surface area contributed by atoms with Crippen LogP contribution in [0.25, 0.3) is 11.1 Å². The molecule has 0 aliphatic heterocycles. The van der Waals surface area contributed by atoms with Crippen molar-refractivity contribution >= 4 is 9.84 Å². The standard InChI is InChI=1S/C17H21NO3S/c1-2-22(20,21)16(12-19)17(18)15-10-8-14(9-11-15)13-6-4-3-5-7-13/h3-11,16-17,19H,2,12,18H2,1H3/t16-,17+/m0/s1. The molecule has 0 saturated carbocycles. The molecule has 0 radical (unpaired) electrons. The van der Waals surface area contributed by atoms with Crippen molar-refractivity contribution in [1.82, 2.24) is 0 Å². The van der Waals surface area contributed by atoms with Gasteiger partial charge in [0, 0.05) is 11.8 Å². The average Bonchev–Trinajstić information content (AvgIpc) is 2.56. The lowest BCUT2D eigenvalue weighted by atomic mass is 10.00. The van der Waals surface area contributed by atoms with Crippen LogP contribution in [0.5, 0.6) is 0 Å². The van der Waals surface area contributed by atoms with Crippen LogP contribution in [0.3, 0.4) is 0 Å². The van der Waals surface area contributed by atoms with E-state index in [-0.39, 0.29) is 5.75 Å². The van der Waals surface area contributed by atoms with Crippen LogP contribution in [0, 0.1) is 0 Å². The summed E-state index contributed by atoms with van der Waals surface area (Å²) in [4.78, 5) is 0. The quantitative estimate of drug-likeness (QED) is 0.855. The fourth-order valence-corrected chi connectivity index (χ4v) is 3.67. The third-order valence-corrected chi connectivity index (χ3v) is 6.02. The van der Waals surface area contributed by atoms with E-state index in [0.29, 0.717) is 5.56 Å². The van der Waals surface area contributed by atoms with Gasteiger partial charge in [-0.1, -0.05) is 61.5 Å². The first-order valence-electron chi connectivity index (χ1n) is 7.23. The molecule has 0 aromatic heterocycles. The van der Waals surface area contributed by atoms with Crippen molar-refractivity contribution in [2.24, 2.45) is 5.73 Å². The molecule has 0 heterocycles. The molecule has 2 aromatic rings. The van der Waals surface area contributed by atoms with Gasteiger partial charge in [-0.25, -0.2) is 8.42 Å². The fraction of sp³-hybridized carbons (Fsp3) is 0.294. The van der Waals surface area contributed by atoms with Crippen LogP contribution in [-0.4, -0.2) is 31.1 Å². The third-order valence-electron chi connectivity index (χ3n) is 3.85. The summed E-state index contributed by atoms with van der Waals surface area (Å²) in [6, 6.07) is 16.6. The molecule has 118 valence electrons. The second-order valence-corrected chi connectivity index (χ2v) is 7.69. The summed E-state index contributed by atoms with van der Waals surface area (Å²) in [5, 5.41) is 8.43. The Morgan fingerprint density at radius 1 is 1.00 bits per heavy atom. The van der Waals surface area contributed by atoms with Crippen molar-refractivity contribution in [2.45, 2.75) is 18.2 Å². The van der Waals surface area contributed by atoms with Gasteiger partial charge in [0.15, 0.2) is 9.84 Å². The summed E-state index contributed by atoms with van der Waals surface area (Å²) in [6.45, 7) is 1.08.